The highest BCUT2D eigenvalue weighted by molar-refractivity contribution is 6.21. The second kappa shape index (κ2) is 7.24. The van der Waals surface area contributed by atoms with E-state index in [-0.39, 0.29) is 11.9 Å². The lowest BCUT2D eigenvalue weighted by atomic mass is 10.1. The highest BCUT2D eigenvalue weighted by Crippen LogP contribution is 2.30. The van der Waals surface area contributed by atoms with Crippen molar-refractivity contribution in [3.05, 3.63) is 29.8 Å². The number of carbonyl (C=O) groups is 1. The van der Waals surface area contributed by atoms with Crippen LogP contribution in [0.4, 0.5) is 0 Å². The van der Waals surface area contributed by atoms with Crippen LogP contribution in [0, 0.1) is 0 Å². The number of ether oxygens (including phenoxy) is 1. The Kier molecular flexibility index (Phi) is 5.95. The van der Waals surface area contributed by atoms with Crippen LogP contribution in [0.1, 0.15) is 17.9 Å². The normalized spacial score (nSPS) is 12.4. The number of aliphatic carboxylic acids is 1. The van der Waals surface area contributed by atoms with E-state index < -0.39 is 5.97 Å². The smallest absolute Gasteiger partial charge is 0.317 e. The Balaban J connectivity index is 2.71. The fourth-order valence-electron chi connectivity index (χ4n) is 1.69. The number of rotatable bonds is 7. The molecule has 18 heavy (non-hydrogen) atoms. The van der Waals surface area contributed by atoms with Crippen molar-refractivity contribution >= 4 is 17.6 Å². The fraction of sp³-hybridized carbons (Fsp3) is 0.462. The Labute approximate surface area is 112 Å². The van der Waals surface area contributed by atoms with E-state index in [0.717, 1.165) is 11.3 Å². The standard InChI is InChI=1S/C13H18ClNO3/c1-3-18-12-7-5-4-6-10(12)11(14)8-15(2)9-13(16)17/h4-7,11H,3,8-9H2,1-2H3,(H,16,17). The number of alkyl halides is 1. The van der Waals surface area contributed by atoms with E-state index in [2.05, 4.69) is 0 Å². The Morgan fingerprint density at radius 2 is 2.17 bits per heavy atom. The van der Waals surface area contributed by atoms with Gasteiger partial charge in [-0.1, -0.05) is 18.2 Å². The maximum atomic E-state index is 10.6. The van der Waals surface area contributed by atoms with E-state index in [1.165, 1.54) is 0 Å². The number of para-hydroxylation sites is 1. The fourth-order valence-corrected chi connectivity index (χ4v) is 2.11. The van der Waals surface area contributed by atoms with Crippen LogP contribution in [-0.2, 0) is 4.79 Å². The van der Waals surface area contributed by atoms with Gasteiger partial charge in [0.1, 0.15) is 5.75 Å². The van der Waals surface area contributed by atoms with Gasteiger partial charge in [0, 0.05) is 12.1 Å². The molecule has 5 heteroatoms. The molecule has 0 aromatic heterocycles. The quantitative estimate of drug-likeness (QED) is 0.774. The molecule has 100 valence electrons. The molecule has 0 saturated heterocycles. The molecule has 0 bridgehead atoms. The number of benzene rings is 1. The third-order valence-electron chi connectivity index (χ3n) is 2.43. The largest absolute Gasteiger partial charge is 0.494 e. The number of carboxylic acid groups (broad SMARTS) is 1. The highest BCUT2D eigenvalue weighted by atomic mass is 35.5. The van der Waals surface area contributed by atoms with Gasteiger partial charge in [0.2, 0.25) is 0 Å². The Bertz CT molecular complexity index is 398. The number of hydrogen-bond acceptors (Lipinski definition) is 3. The molecule has 1 aromatic rings. The summed E-state index contributed by atoms with van der Waals surface area (Å²) in [5.41, 5.74) is 0.887. The zero-order valence-corrected chi connectivity index (χ0v) is 11.4. The molecule has 0 heterocycles. The average Bonchev–Trinajstić information content (AvgIpc) is 2.28. The van der Waals surface area contributed by atoms with Crippen molar-refractivity contribution < 1.29 is 14.6 Å². The molecule has 1 aromatic carbocycles. The Morgan fingerprint density at radius 1 is 1.50 bits per heavy atom. The summed E-state index contributed by atoms with van der Waals surface area (Å²) in [6, 6.07) is 7.55. The third-order valence-corrected chi connectivity index (χ3v) is 2.81. The van der Waals surface area contributed by atoms with Crippen LogP contribution in [-0.4, -0.2) is 42.7 Å². The molecule has 0 aliphatic carbocycles. The first-order chi connectivity index (χ1) is 8.54. The number of halogens is 1. The van der Waals surface area contributed by atoms with Crippen LogP contribution in [0.15, 0.2) is 24.3 Å². The van der Waals surface area contributed by atoms with Crippen LogP contribution in [0.2, 0.25) is 0 Å². The van der Waals surface area contributed by atoms with Gasteiger partial charge in [-0.25, -0.2) is 0 Å². The molecular weight excluding hydrogens is 254 g/mol. The molecule has 1 unspecified atom stereocenters. The summed E-state index contributed by atoms with van der Waals surface area (Å²) in [6.07, 6.45) is 0. The van der Waals surface area contributed by atoms with Gasteiger partial charge in [-0.2, -0.15) is 0 Å². The predicted octanol–water partition coefficient (Wildman–Crippen LogP) is 2.38. The van der Waals surface area contributed by atoms with Gasteiger partial charge in [-0.05, 0) is 20.0 Å². The lowest BCUT2D eigenvalue weighted by Crippen LogP contribution is -2.28. The van der Waals surface area contributed by atoms with Gasteiger partial charge in [-0.3, -0.25) is 9.69 Å². The molecule has 0 aliphatic heterocycles. The lowest BCUT2D eigenvalue weighted by molar-refractivity contribution is -0.137. The number of hydrogen-bond donors (Lipinski definition) is 1. The van der Waals surface area contributed by atoms with Crippen molar-refractivity contribution in [2.24, 2.45) is 0 Å². The molecule has 1 rings (SSSR count). The first kappa shape index (κ1) is 14.8. The first-order valence-electron chi connectivity index (χ1n) is 5.80. The summed E-state index contributed by atoms with van der Waals surface area (Å²) in [5.74, 6) is -0.108. The zero-order valence-electron chi connectivity index (χ0n) is 10.6. The summed E-state index contributed by atoms with van der Waals surface area (Å²) in [5, 5.41) is 8.40. The average molecular weight is 272 g/mol. The van der Waals surface area contributed by atoms with E-state index >= 15 is 0 Å². The van der Waals surface area contributed by atoms with Crippen molar-refractivity contribution in [2.45, 2.75) is 12.3 Å². The lowest BCUT2D eigenvalue weighted by Gasteiger charge is -2.20. The summed E-state index contributed by atoms with van der Waals surface area (Å²) in [6.45, 7) is 2.92. The summed E-state index contributed by atoms with van der Waals surface area (Å²) >= 11 is 6.31. The molecular formula is C13H18ClNO3. The molecule has 0 fully saturated rings. The molecule has 1 N–H and O–H groups in total. The second-order valence-electron chi connectivity index (χ2n) is 4.03. The zero-order chi connectivity index (χ0) is 13.5. The third kappa shape index (κ3) is 4.55. The van der Waals surface area contributed by atoms with Crippen LogP contribution < -0.4 is 4.74 Å². The molecule has 1 atom stereocenters. The van der Waals surface area contributed by atoms with E-state index in [1.807, 2.05) is 31.2 Å². The molecule has 0 amide bonds. The number of nitrogens with zero attached hydrogens (tertiary/aromatic N) is 1. The summed E-state index contributed by atoms with van der Waals surface area (Å²) in [4.78, 5) is 12.3. The van der Waals surface area contributed by atoms with Crippen LogP contribution >= 0.6 is 11.6 Å². The summed E-state index contributed by atoms with van der Waals surface area (Å²) in [7, 11) is 1.73. The van der Waals surface area contributed by atoms with Crippen molar-refractivity contribution in [1.82, 2.24) is 4.90 Å². The van der Waals surface area contributed by atoms with Crippen molar-refractivity contribution in [3.63, 3.8) is 0 Å². The summed E-state index contributed by atoms with van der Waals surface area (Å²) < 4.78 is 5.50. The Hall–Kier alpha value is -1.26. The predicted molar refractivity (Wildman–Crippen MR) is 71.3 cm³/mol. The maximum absolute atomic E-state index is 10.6. The van der Waals surface area contributed by atoms with Gasteiger partial charge in [0.15, 0.2) is 0 Å². The molecule has 4 nitrogen and oxygen atoms in total. The molecule has 0 saturated carbocycles. The minimum atomic E-state index is -0.862. The molecule has 0 spiro atoms. The van der Waals surface area contributed by atoms with Crippen molar-refractivity contribution in [1.29, 1.82) is 0 Å². The van der Waals surface area contributed by atoms with E-state index in [1.54, 1.807) is 11.9 Å². The molecule has 0 radical (unpaired) electrons. The minimum Gasteiger partial charge on any atom is -0.494 e. The topological polar surface area (TPSA) is 49.8 Å². The van der Waals surface area contributed by atoms with Gasteiger partial charge < -0.3 is 9.84 Å². The first-order valence-corrected chi connectivity index (χ1v) is 6.24. The van der Waals surface area contributed by atoms with Gasteiger partial charge >= 0.3 is 5.97 Å². The minimum absolute atomic E-state index is 0.0278. The second-order valence-corrected chi connectivity index (χ2v) is 4.56. The van der Waals surface area contributed by atoms with Crippen molar-refractivity contribution in [2.75, 3.05) is 26.7 Å². The van der Waals surface area contributed by atoms with Gasteiger partial charge in [0.05, 0.1) is 18.5 Å². The van der Waals surface area contributed by atoms with E-state index in [0.29, 0.717) is 13.2 Å². The van der Waals surface area contributed by atoms with Crippen LogP contribution in [0.3, 0.4) is 0 Å². The van der Waals surface area contributed by atoms with E-state index in [9.17, 15) is 4.79 Å². The van der Waals surface area contributed by atoms with Gasteiger partial charge in [-0.15, -0.1) is 11.6 Å². The van der Waals surface area contributed by atoms with Crippen molar-refractivity contribution in [3.8, 4) is 5.75 Å². The number of likely N-dealkylation sites (N-methyl/N-ethyl adjacent to an activating group) is 1. The Morgan fingerprint density at radius 3 is 2.78 bits per heavy atom. The monoisotopic (exact) mass is 271 g/mol. The van der Waals surface area contributed by atoms with E-state index in [4.69, 9.17) is 21.4 Å². The molecule has 0 aliphatic rings. The van der Waals surface area contributed by atoms with Crippen LogP contribution in [0.5, 0.6) is 5.75 Å². The SMILES string of the molecule is CCOc1ccccc1C(Cl)CN(C)CC(=O)O. The highest BCUT2D eigenvalue weighted by Gasteiger charge is 2.16. The van der Waals surface area contributed by atoms with Crippen LogP contribution in [0.25, 0.3) is 0 Å². The van der Waals surface area contributed by atoms with Gasteiger partial charge in [0.25, 0.3) is 0 Å². The number of carboxylic acids is 1. The maximum Gasteiger partial charge on any atom is 0.317 e.